The Morgan fingerprint density at radius 3 is 2.86 bits per heavy atom. The Balaban J connectivity index is 1.69. The number of nitrogens with two attached hydrogens (primary N) is 1. The van der Waals surface area contributed by atoms with Crippen LogP contribution in [0.1, 0.15) is 5.56 Å². The topological polar surface area (TPSA) is 124 Å². The summed E-state index contributed by atoms with van der Waals surface area (Å²) in [6.45, 7) is 0.385. The molecule has 3 N–H and O–H groups in total. The molecular weight excluding hydrogens is 282 g/mol. The van der Waals surface area contributed by atoms with E-state index in [4.69, 9.17) is 5.73 Å². The number of tetrazole rings is 1. The summed E-state index contributed by atoms with van der Waals surface area (Å²) >= 11 is 0. The van der Waals surface area contributed by atoms with E-state index in [-0.39, 0.29) is 0 Å². The Labute approximate surface area is 124 Å². The first-order valence-electron chi connectivity index (χ1n) is 6.59. The van der Waals surface area contributed by atoms with Crippen LogP contribution in [0.25, 0.3) is 22.6 Å². The summed E-state index contributed by atoms with van der Waals surface area (Å²) in [7, 11) is 0. The Kier molecular flexibility index (Phi) is 2.75. The maximum atomic E-state index is 5.78. The molecule has 0 atom stereocenters. The molecule has 0 unspecified atom stereocenters. The van der Waals surface area contributed by atoms with Crippen molar-refractivity contribution in [3.63, 3.8) is 0 Å². The van der Waals surface area contributed by atoms with Crippen molar-refractivity contribution in [1.29, 1.82) is 0 Å². The minimum atomic E-state index is 0.385. The van der Waals surface area contributed by atoms with E-state index >= 15 is 0 Å². The molecule has 0 radical (unpaired) electrons. The summed E-state index contributed by atoms with van der Waals surface area (Å²) in [6, 6.07) is 11.4. The van der Waals surface area contributed by atoms with Crippen molar-refractivity contribution in [1.82, 2.24) is 40.6 Å². The smallest absolute Gasteiger partial charge is 0.204 e. The maximum absolute atomic E-state index is 5.78. The van der Waals surface area contributed by atoms with E-state index in [9.17, 15) is 0 Å². The zero-order valence-corrected chi connectivity index (χ0v) is 11.4. The van der Waals surface area contributed by atoms with Gasteiger partial charge in [-0.05, 0) is 11.3 Å². The van der Waals surface area contributed by atoms with Crippen molar-refractivity contribution >= 4 is 17.0 Å². The van der Waals surface area contributed by atoms with Crippen LogP contribution in [-0.2, 0) is 6.54 Å². The van der Waals surface area contributed by atoms with E-state index in [1.54, 1.807) is 6.07 Å². The second kappa shape index (κ2) is 4.88. The fourth-order valence-corrected chi connectivity index (χ4v) is 2.21. The van der Waals surface area contributed by atoms with E-state index in [2.05, 4.69) is 35.8 Å². The summed E-state index contributed by atoms with van der Waals surface area (Å²) in [5.41, 5.74) is 8.71. The van der Waals surface area contributed by atoms with Crippen LogP contribution >= 0.6 is 0 Å². The summed E-state index contributed by atoms with van der Waals surface area (Å²) in [4.78, 5) is 5.61. The first-order chi connectivity index (χ1) is 10.8. The molecule has 0 saturated heterocycles. The number of benzene rings is 1. The number of pyridine rings is 1. The lowest BCUT2D eigenvalue weighted by molar-refractivity contribution is 0.574. The number of fused-ring (bicyclic) bond motifs is 1. The van der Waals surface area contributed by atoms with E-state index in [0.717, 1.165) is 11.1 Å². The van der Waals surface area contributed by atoms with Gasteiger partial charge in [0.1, 0.15) is 11.3 Å². The molecule has 0 aliphatic heterocycles. The number of hydrogen-bond donors (Lipinski definition) is 2. The number of nitrogens with one attached hydrogen (secondary N) is 1. The number of H-pyrrole nitrogens is 1. The van der Waals surface area contributed by atoms with Gasteiger partial charge in [-0.2, -0.15) is 4.80 Å². The predicted octanol–water partition coefficient (Wildman–Crippen LogP) is 0.637. The van der Waals surface area contributed by atoms with Crippen LogP contribution in [0.2, 0.25) is 0 Å². The summed E-state index contributed by atoms with van der Waals surface area (Å²) < 4.78 is 0. The number of anilines is 1. The lowest BCUT2D eigenvalue weighted by Gasteiger charge is -2.01. The molecule has 3 heterocycles. The lowest BCUT2D eigenvalue weighted by Crippen LogP contribution is -2.06. The fraction of sp³-hybridized carbons (Fsp3) is 0.0769. The largest absolute Gasteiger partial charge is 0.384 e. The summed E-state index contributed by atoms with van der Waals surface area (Å²) in [6.07, 6.45) is 0. The molecule has 4 aromatic rings. The molecular formula is C13H11N9. The molecule has 3 aromatic heterocycles. The molecule has 0 bridgehead atoms. The van der Waals surface area contributed by atoms with Gasteiger partial charge in [0.25, 0.3) is 0 Å². The predicted molar refractivity (Wildman–Crippen MR) is 78.5 cm³/mol. The van der Waals surface area contributed by atoms with Crippen LogP contribution in [0.3, 0.4) is 0 Å². The standard InChI is InChI=1S/C13H11N9/c14-10-6-9(11-13(15-10)17-20-16-11)7-22-19-12(18-21-22)8-4-2-1-3-5-8/h1-6H,7H2,(H3,14,15,16,17,20). The molecule has 22 heavy (non-hydrogen) atoms. The number of hydrogen-bond acceptors (Lipinski definition) is 7. The molecule has 1 aromatic carbocycles. The fourth-order valence-electron chi connectivity index (χ4n) is 2.21. The van der Waals surface area contributed by atoms with Gasteiger partial charge in [0.15, 0.2) is 5.65 Å². The highest BCUT2D eigenvalue weighted by molar-refractivity contribution is 5.75. The first kappa shape index (κ1) is 12.4. The highest BCUT2D eigenvalue weighted by atomic mass is 15.6. The highest BCUT2D eigenvalue weighted by Crippen LogP contribution is 2.17. The molecule has 9 heteroatoms. The van der Waals surface area contributed by atoms with Crippen LogP contribution in [0, 0.1) is 0 Å². The SMILES string of the molecule is Nc1cc(Cn2nnc(-c3ccccc3)n2)c2nn[nH]c2n1. The second-order valence-corrected chi connectivity index (χ2v) is 4.72. The van der Waals surface area contributed by atoms with Crippen molar-refractivity contribution in [3.8, 4) is 11.4 Å². The van der Waals surface area contributed by atoms with E-state index in [0.29, 0.717) is 29.4 Å². The number of nitrogens with zero attached hydrogens (tertiary/aromatic N) is 7. The monoisotopic (exact) mass is 293 g/mol. The zero-order chi connectivity index (χ0) is 14.9. The van der Waals surface area contributed by atoms with Crippen molar-refractivity contribution in [3.05, 3.63) is 42.0 Å². The Morgan fingerprint density at radius 2 is 2.00 bits per heavy atom. The maximum Gasteiger partial charge on any atom is 0.204 e. The molecule has 0 amide bonds. The molecule has 108 valence electrons. The van der Waals surface area contributed by atoms with Gasteiger partial charge in [0.2, 0.25) is 5.82 Å². The van der Waals surface area contributed by atoms with Crippen molar-refractivity contribution < 1.29 is 0 Å². The molecule has 0 aliphatic rings. The van der Waals surface area contributed by atoms with Gasteiger partial charge in [-0.1, -0.05) is 35.5 Å². The third-order valence-electron chi connectivity index (χ3n) is 3.19. The Morgan fingerprint density at radius 1 is 1.14 bits per heavy atom. The van der Waals surface area contributed by atoms with Crippen LogP contribution in [-0.4, -0.2) is 40.6 Å². The van der Waals surface area contributed by atoms with Crippen molar-refractivity contribution in [2.24, 2.45) is 0 Å². The second-order valence-electron chi connectivity index (χ2n) is 4.72. The summed E-state index contributed by atoms with van der Waals surface area (Å²) in [5, 5.41) is 22.9. The van der Waals surface area contributed by atoms with E-state index < -0.39 is 0 Å². The molecule has 0 spiro atoms. The normalized spacial score (nSPS) is 11.1. The van der Waals surface area contributed by atoms with E-state index in [1.165, 1.54) is 4.80 Å². The number of aromatic nitrogens is 8. The molecule has 0 saturated carbocycles. The third-order valence-corrected chi connectivity index (χ3v) is 3.19. The first-order valence-corrected chi connectivity index (χ1v) is 6.59. The van der Waals surface area contributed by atoms with Crippen LogP contribution < -0.4 is 5.73 Å². The number of aromatic amines is 1. The van der Waals surface area contributed by atoms with Gasteiger partial charge in [-0.25, -0.2) is 10.1 Å². The zero-order valence-electron chi connectivity index (χ0n) is 11.4. The average Bonchev–Trinajstić information content (AvgIpc) is 3.17. The lowest BCUT2D eigenvalue weighted by atomic mass is 10.2. The quantitative estimate of drug-likeness (QED) is 0.567. The van der Waals surface area contributed by atoms with Gasteiger partial charge >= 0.3 is 0 Å². The molecule has 9 nitrogen and oxygen atoms in total. The highest BCUT2D eigenvalue weighted by Gasteiger charge is 2.11. The van der Waals surface area contributed by atoms with Gasteiger partial charge in [-0.15, -0.1) is 15.3 Å². The van der Waals surface area contributed by atoms with Crippen molar-refractivity contribution in [2.75, 3.05) is 5.73 Å². The minimum Gasteiger partial charge on any atom is -0.384 e. The average molecular weight is 293 g/mol. The Hall–Kier alpha value is -3.36. The van der Waals surface area contributed by atoms with E-state index in [1.807, 2.05) is 30.3 Å². The molecule has 0 aliphatic carbocycles. The molecule has 0 fully saturated rings. The number of rotatable bonds is 3. The van der Waals surface area contributed by atoms with Gasteiger partial charge in [-0.3, -0.25) is 0 Å². The Bertz CT molecular complexity index is 925. The van der Waals surface area contributed by atoms with Gasteiger partial charge in [0.05, 0.1) is 6.54 Å². The van der Waals surface area contributed by atoms with Gasteiger partial charge < -0.3 is 5.73 Å². The minimum absolute atomic E-state index is 0.385. The van der Waals surface area contributed by atoms with Crippen LogP contribution in [0.4, 0.5) is 5.82 Å². The van der Waals surface area contributed by atoms with Gasteiger partial charge in [0, 0.05) is 11.1 Å². The van der Waals surface area contributed by atoms with Crippen LogP contribution in [0.5, 0.6) is 0 Å². The summed E-state index contributed by atoms with van der Waals surface area (Å²) in [5.74, 6) is 0.955. The molecule has 4 rings (SSSR count). The number of nitrogen functional groups attached to an aromatic ring is 1. The third kappa shape index (κ3) is 2.14. The van der Waals surface area contributed by atoms with Crippen molar-refractivity contribution in [2.45, 2.75) is 6.54 Å². The van der Waals surface area contributed by atoms with Crippen LogP contribution in [0.15, 0.2) is 36.4 Å².